The molecule has 2 amide bonds. The highest BCUT2D eigenvalue weighted by Gasteiger charge is 2.34. The van der Waals surface area contributed by atoms with Gasteiger partial charge in [-0.25, -0.2) is 8.42 Å². The van der Waals surface area contributed by atoms with Crippen molar-refractivity contribution in [2.24, 2.45) is 0 Å². The molecule has 0 heterocycles. The summed E-state index contributed by atoms with van der Waals surface area (Å²) in [7, 11) is -4.31. The summed E-state index contributed by atoms with van der Waals surface area (Å²) in [5, 5.41) is 14.6. The molecule has 0 aliphatic heterocycles. The van der Waals surface area contributed by atoms with Crippen LogP contribution < -0.4 is 9.62 Å². The number of nitrogens with zero attached hydrogens (tertiary/aromatic N) is 3. The molecule has 41 heavy (non-hydrogen) atoms. The van der Waals surface area contributed by atoms with Crippen molar-refractivity contribution in [3.63, 3.8) is 0 Å². The topological polar surface area (TPSA) is 130 Å². The Hall–Kier alpha value is -3.67. The van der Waals surface area contributed by atoms with Crippen LogP contribution in [0.25, 0.3) is 0 Å². The Bertz CT molecular complexity index is 1480. The van der Waals surface area contributed by atoms with Crippen LogP contribution in [-0.4, -0.2) is 48.7 Å². The molecule has 3 aromatic rings. The molecule has 3 rings (SSSR count). The highest BCUT2D eigenvalue weighted by molar-refractivity contribution is 7.92. The number of nitro benzene ring substituents is 1. The lowest BCUT2D eigenvalue weighted by Gasteiger charge is -2.34. The number of nitrogens with one attached hydrogen (secondary N) is 1. The lowest BCUT2D eigenvalue weighted by atomic mass is 10.1. The Labute approximate surface area is 249 Å². The highest BCUT2D eigenvalue weighted by Crippen LogP contribution is 2.29. The van der Waals surface area contributed by atoms with E-state index in [1.807, 2.05) is 0 Å². The summed E-state index contributed by atoms with van der Waals surface area (Å²) in [6, 6.07) is 16.0. The van der Waals surface area contributed by atoms with Gasteiger partial charge in [-0.05, 0) is 56.7 Å². The first-order valence-corrected chi connectivity index (χ1v) is 14.9. The largest absolute Gasteiger partial charge is 0.352 e. The maximum absolute atomic E-state index is 14.0. The molecule has 1 atom stereocenters. The van der Waals surface area contributed by atoms with Crippen LogP contribution in [0.15, 0.2) is 77.7 Å². The van der Waals surface area contributed by atoms with Gasteiger partial charge in [-0.1, -0.05) is 54.4 Å². The van der Waals surface area contributed by atoms with Crippen LogP contribution in [0.5, 0.6) is 0 Å². The van der Waals surface area contributed by atoms with E-state index in [1.165, 1.54) is 41.3 Å². The lowest BCUT2D eigenvalue weighted by Crippen LogP contribution is -2.53. The first-order valence-electron chi connectivity index (χ1n) is 12.7. The van der Waals surface area contributed by atoms with Gasteiger partial charge in [-0.2, -0.15) is 0 Å². The van der Waals surface area contributed by atoms with Crippen LogP contribution in [0.1, 0.15) is 32.8 Å². The van der Waals surface area contributed by atoms with Crippen LogP contribution in [0.3, 0.4) is 0 Å². The second-order valence-electron chi connectivity index (χ2n) is 9.41. The minimum absolute atomic E-state index is 0.0307. The molecular weight excluding hydrogens is 591 g/mol. The van der Waals surface area contributed by atoms with Crippen molar-refractivity contribution < 1.29 is 22.9 Å². The van der Waals surface area contributed by atoms with Crippen molar-refractivity contribution in [3.05, 3.63) is 98.5 Å². The quantitative estimate of drug-likeness (QED) is 0.212. The van der Waals surface area contributed by atoms with Gasteiger partial charge >= 0.3 is 0 Å². The van der Waals surface area contributed by atoms with Crippen molar-refractivity contribution in [2.75, 3.05) is 10.8 Å². The average Bonchev–Trinajstić information content (AvgIpc) is 2.93. The van der Waals surface area contributed by atoms with Crippen LogP contribution in [0.4, 0.5) is 11.4 Å². The number of carbonyl (C=O) groups excluding carboxylic acids is 2. The van der Waals surface area contributed by atoms with E-state index in [4.69, 9.17) is 23.2 Å². The second-order valence-corrected chi connectivity index (χ2v) is 12.1. The number of halogens is 2. The fraction of sp³-hybridized carbons (Fsp3) is 0.286. The molecule has 0 aliphatic rings. The third kappa shape index (κ3) is 7.75. The number of nitro groups is 1. The lowest BCUT2D eigenvalue weighted by molar-refractivity contribution is -0.384. The SMILES string of the molecule is CCC(C(=O)NC(C)C)N(Cc1c(Cl)cccc1Cl)C(=O)CN(c1ccc([N+](=O)[O-])cc1)S(=O)(=O)c1ccccc1. The molecule has 0 saturated heterocycles. The molecule has 0 spiro atoms. The summed E-state index contributed by atoms with van der Waals surface area (Å²) in [5.41, 5.74) is 0.180. The number of anilines is 1. The number of amides is 2. The molecular formula is C28H30Cl2N4O6S. The number of hydrogen-bond donors (Lipinski definition) is 1. The van der Waals surface area contributed by atoms with Gasteiger partial charge in [0.2, 0.25) is 11.8 Å². The number of hydrogen-bond acceptors (Lipinski definition) is 6. The molecule has 0 aliphatic carbocycles. The Morgan fingerprint density at radius 2 is 1.54 bits per heavy atom. The summed E-state index contributed by atoms with van der Waals surface area (Å²) in [4.78, 5) is 39.0. The van der Waals surface area contributed by atoms with Gasteiger partial charge in [-0.3, -0.25) is 24.0 Å². The summed E-state index contributed by atoms with van der Waals surface area (Å²) in [6.07, 6.45) is 0.218. The minimum Gasteiger partial charge on any atom is -0.352 e. The minimum atomic E-state index is -4.31. The monoisotopic (exact) mass is 620 g/mol. The van der Waals surface area contributed by atoms with E-state index in [9.17, 15) is 28.1 Å². The van der Waals surface area contributed by atoms with Gasteiger partial charge in [0.05, 0.1) is 15.5 Å². The molecule has 0 fully saturated rings. The van der Waals surface area contributed by atoms with Crippen LogP contribution in [-0.2, 0) is 26.2 Å². The molecule has 3 aromatic carbocycles. The molecule has 218 valence electrons. The highest BCUT2D eigenvalue weighted by atomic mass is 35.5. The Morgan fingerprint density at radius 3 is 2.05 bits per heavy atom. The van der Waals surface area contributed by atoms with Crippen LogP contribution in [0.2, 0.25) is 10.0 Å². The molecule has 0 aromatic heterocycles. The molecule has 1 unspecified atom stereocenters. The van der Waals surface area contributed by atoms with Gasteiger partial charge in [0.15, 0.2) is 0 Å². The molecule has 0 radical (unpaired) electrons. The maximum atomic E-state index is 14.0. The molecule has 10 nitrogen and oxygen atoms in total. The van der Waals surface area contributed by atoms with E-state index in [-0.39, 0.29) is 45.3 Å². The number of rotatable bonds is 12. The second kappa shape index (κ2) is 13.8. The van der Waals surface area contributed by atoms with Gasteiger partial charge in [0.25, 0.3) is 15.7 Å². The average molecular weight is 622 g/mol. The van der Waals surface area contributed by atoms with Crippen molar-refractivity contribution in [2.45, 2.75) is 50.7 Å². The van der Waals surface area contributed by atoms with E-state index >= 15 is 0 Å². The number of non-ortho nitro benzene ring substituents is 1. The van der Waals surface area contributed by atoms with E-state index in [0.29, 0.717) is 5.56 Å². The van der Waals surface area contributed by atoms with E-state index < -0.39 is 39.3 Å². The van der Waals surface area contributed by atoms with E-state index in [0.717, 1.165) is 16.4 Å². The normalized spacial score (nSPS) is 12.0. The molecule has 1 N–H and O–H groups in total. The molecule has 0 saturated carbocycles. The zero-order chi connectivity index (χ0) is 30.3. The van der Waals surface area contributed by atoms with E-state index in [1.54, 1.807) is 45.0 Å². The summed E-state index contributed by atoms with van der Waals surface area (Å²) >= 11 is 12.8. The van der Waals surface area contributed by atoms with Gasteiger partial charge in [0.1, 0.15) is 12.6 Å². The van der Waals surface area contributed by atoms with E-state index in [2.05, 4.69) is 5.32 Å². The van der Waals surface area contributed by atoms with Gasteiger partial charge in [-0.15, -0.1) is 0 Å². The Balaban J connectivity index is 2.11. The Kier molecular flexibility index (Phi) is 10.7. The molecule has 0 bridgehead atoms. The summed E-state index contributed by atoms with van der Waals surface area (Å²) in [6.45, 7) is 4.42. The number of benzene rings is 3. The Morgan fingerprint density at radius 1 is 0.951 bits per heavy atom. The third-order valence-corrected chi connectivity index (χ3v) is 8.66. The first-order chi connectivity index (χ1) is 19.4. The van der Waals surface area contributed by atoms with Crippen molar-refractivity contribution in [1.82, 2.24) is 10.2 Å². The predicted octanol–water partition coefficient (Wildman–Crippen LogP) is 5.43. The van der Waals surface area contributed by atoms with Gasteiger partial charge < -0.3 is 10.2 Å². The fourth-order valence-corrected chi connectivity index (χ4v) is 6.10. The van der Waals surface area contributed by atoms with Crippen molar-refractivity contribution in [1.29, 1.82) is 0 Å². The third-order valence-electron chi connectivity index (χ3n) is 6.17. The zero-order valence-electron chi connectivity index (χ0n) is 22.7. The predicted molar refractivity (Wildman–Crippen MR) is 158 cm³/mol. The fourth-order valence-electron chi connectivity index (χ4n) is 4.14. The zero-order valence-corrected chi connectivity index (χ0v) is 25.0. The summed E-state index contributed by atoms with van der Waals surface area (Å²) < 4.78 is 28.5. The standard InChI is InChI=1S/C28H30Cl2N4O6S/c1-4-26(28(36)31-19(2)3)32(17-23-24(29)11-8-12-25(23)30)27(35)18-33(20-13-15-21(16-14-20)34(37)38)41(39,40)22-9-6-5-7-10-22/h5-16,19,26H,4,17-18H2,1-3H3,(H,31,36). The molecule has 13 heteroatoms. The number of sulfonamides is 1. The maximum Gasteiger partial charge on any atom is 0.269 e. The van der Waals surface area contributed by atoms with Crippen molar-refractivity contribution >= 4 is 56.4 Å². The van der Waals surface area contributed by atoms with Gasteiger partial charge in [0, 0.05) is 40.3 Å². The number of carbonyl (C=O) groups is 2. The van der Waals surface area contributed by atoms with Crippen molar-refractivity contribution in [3.8, 4) is 0 Å². The van der Waals surface area contributed by atoms with Crippen LogP contribution >= 0.6 is 23.2 Å². The van der Waals surface area contributed by atoms with Crippen LogP contribution in [0, 0.1) is 10.1 Å². The smallest absolute Gasteiger partial charge is 0.269 e. The summed E-state index contributed by atoms with van der Waals surface area (Å²) in [5.74, 6) is -1.13. The first kappa shape index (κ1) is 31.9.